The third kappa shape index (κ3) is 2.11. The molecule has 0 aromatic heterocycles. The summed E-state index contributed by atoms with van der Waals surface area (Å²) < 4.78 is -0.0787. The Kier molecular flexibility index (Phi) is 3.99. The molecule has 4 rings (SSSR count). The van der Waals surface area contributed by atoms with Crippen LogP contribution < -0.4 is 0 Å². The molecule has 4 aliphatic rings. The predicted octanol–water partition coefficient (Wildman–Crippen LogP) is 6.18. The maximum atomic E-state index is 12.5. The molecule has 4 unspecified atom stereocenters. The molecule has 4 saturated carbocycles. The van der Waals surface area contributed by atoms with Crippen molar-refractivity contribution < 1.29 is 4.79 Å². The Morgan fingerprint density at radius 1 is 0.913 bits per heavy atom. The van der Waals surface area contributed by atoms with Crippen LogP contribution in [0.4, 0.5) is 0 Å². The van der Waals surface area contributed by atoms with E-state index in [1.54, 1.807) is 0 Å². The van der Waals surface area contributed by atoms with Gasteiger partial charge in [0.05, 0.1) is 3.42 Å². The fourth-order valence-corrected chi connectivity index (χ4v) is 8.84. The van der Waals surface area contributed by atoms with Crippen molar-refractivity contribution in [1.82, 2.24) is 0 Å². The van der Waals surface area contributed by atoms with Gasteiger partial charge in [-0.2, -0.15) is 0 Å². The van der Waals surface area contributed by atoms with E-state index in [2.05, 4.69) is 36.4 Å². The third-order valence-electron chi connectivity index (χ3n) is 9.24. The molecule has 2 heteroatoms. The number of fused-ring (bicyclic) bond motifs is 5. The molecule has 1 nitrogen and oxygen atoms in total. The topological polar surface area (TPSA) is 17.1 Å². The molecule has 0 bridgehead atoms. The lowest BCUT2D eigenvalue weighted by molar-refractivity contribution is -0.128. The summed E-state index contributed by atoms with van der Waals surface area (Å²) in [4.78, 5) is 12.5. The van der Waals surface area contributed by atoms with Crippen LogP contribution in [-0.2, 0) is 4.79 Å². The number of rotatable bonds is 1. The van der Waals surface area contributed by atoms with Gasteiger partial charge in [0.15, 0.2) is 0 Å². The van der Waals surface area contributed by atoms with E-state index in [1.165, 1.54) is 57.8 Å². The largest absolute Gasteiger partial charge is 0.299 e. The van der Waals surface area contributed by atoms with Gasteiger partial charge in [0, 0.05) is 0 Å². The zero-order valence-corrected chi connectivity index (χ0v) is 17.3. The summed E-state index contributed by atoms with van der Waals surface area (Å²) in [6.07, 6.45) is 14.0. The van der Waals surface area contributed by atoms with Gasteiger partial charge in [0.1, 0.15) is 5.78 Å². The van der Waals surface area contributed by atoms with Crippen LogP contribution in [0.3, 0.4) is 0 Å². The lowest BCUT2D eigenvalue weighted by Gasteiger charge is -2.61. The average Bonchev–Trinajstić information content (AvgIpc) is 2.80. The van der Waals surface area contributed by atoms with E-state index in [4.69, 9.17) is 0 Å². The van der Waals surface area contributed by atoms with Crippen molar-refractivity contribution in [3.05, 3.63) is 0 Å². The number of hydrogen-bond donors (Lipinski definition) is 0. The van der Waals surface area contributed by atoms with Gasteiger partial charge in [0.25, 0.3) is 0 Å². The molecule has 7 atom stereocenters. The molecule has 0 spiro atoms. The van der Waals surface area contributed by atoms with E-state index in [9.17, 15) is 4.79 Å². The monoisotopic (exact) mass is 428 g/mol. The van der Waals surface area contributed by atoms with E-state index in [-0.39, 0.29) is 8.84 Å². The molecular weight excluding hydrogens is 395 g/mol. The van der Waals surface area contributed by atoms with E-state index in [0.29, 0.717) is 11.2 Å². The number of halogens is 1. The fourth-order valence-electron chi connectivity index (χ4n) is 7.86. The van der Waals surface area contributed by atoms with E-state index >= 15 is 0 Å². The van der Waals surface area contributed by atoms with Gasteiger partial charge in [-0.25, -0.2) is 0 Å². The van der Waals surface area contributed by atoms with Gasteiger partial charge >= 0.3 is 0 Å². The Bertz CT molecular complexity index is 516. The molecule has 4 fully saturated rings. The normalized spacial score (nSPS) is 55.7. The SMILES string of the molecule is CC(=O)[C@@]1(I)CCC2C3CCC4CCCC[C@]4(C)C3CC[C@@]21C. The Hall–Kier alpha value is 0.400. The van der Waals surface area contributed by atoms with Gasteiger partial charge < -0.3 is 0 Å². The number of alkyl halides is 1. The number of carbonyl (C=O) groups excluding carboxylic acids is 1. The Morgan fingerprint density at radius 3 is 2.39 bits per heavy atom. The summed E-state index contributed by atoms with van der Waals surface area (Å²) in [6, 6.07) is 0. The first-order valence-electron chi connectivity index (χ1n) is 10.0. The zero-order chi connectivity index (χ0) is 16.5. The molecule has 0 amide bonds. The second kappa shape index (κ2) is 5.45. The first kappa shape index (κ1) is 16.8. The first-order chi connectivity index (χ1) is 10.8. The quantitative estimate of drug-likeness (QED) is 0.360. The van der Waals surface area contributed by atoms with Gasteiger partial charge in [-0.15, -0.1) is 0 Å². The maximum absolute atomic E-state index is 12.5. The highest BCUT2D eigenvalue weighted by Gasteiger charge is 2.65. The Balaban J connectivity index is 1.67. The number of Topliss-reactive ketones (excluding diaryl/α,β-unsaturated/α-hetero) is 1. The van der Waals surface area contributed by atoms with Crippen molar-refractivity contribution in [3.8, 4) is 0 Å². The first-order valence-corrected chi connectivity index (χ1v) is 11.1. The highest BCUT2D eigenvalue weighted by atomic mass is 127. The van der Waals surface area contributed by atoms with E-state index in [0.717, 1.165) is 30.1 Å². The van der Waals surface area contributed by atoms with Crippen molar-refractivity contribution in [2.75, 3.05) is 0 Å². The second-order valence-electron chi connectivity index (χ2n) is 9.75. The Labute approximate surface area is 155 Å². The van der Waals surface area contributed by atoms with Gasteiger partial charge in [-0.05, 0) is 92.8 Å². The zero-order valence-electron chi connectivity index (χ0n) is 15.2. The molecule has 0 saturated heterocycles. The van der Waals surface area contributed by atoms with Gasteiger partial charge in [-0.3, -0.25) is 4.79 Å². The van der Waals surface area contributed by atoms with Crippen LogP contribution in [0.25, 0.3) is 0 Å². The Morgan fingerprint density at radius 2 is 1.65 bits per heavy atom. The van der Waals surface area contributed by atoms with Crippen molar-refractivity contribution in [3.63, 3.8) is 0 Å². The summed E-state index contributed by atoms with van der Waals surface area (Å²) in [5.74, 6) is 4.11. The average molecular weight is 428 g/mol. The maximum Gasteiger partial charge on any atom is 0.146 e. The van der Waals surface area contributed by atoms with Crippen molar-refractivity contribution in [2.45, 2.75) is 88.4 Å². The lowest BCUT2D eigenvalue weighted by Crippen LogP contribution is -2.56. The van der Waals surface area contributed by atoms with Crippen LogP contribution in [0.5, 0.6) is 0 Å². The minimum atomic E-state index is -0.0787. The molecule has 0 aliphatic heterocycles. The summed E-state index contributed by atoms with van der Waals surface area (Å²) in [6.45, 7) is 6.98. The molecule has 130 valence electrons. The van der Waals surface area contributed by atoms with Gasteiger partial charge in [0.2, 0.25) is 0 Å². The van der Waals surface area contributed by atoms with Crippen LogP contribution in [0.2, 0.25) is 0 Å². The second-order valence-corrected chi connectivity index (χ2v) is 11.6. The molecule has 23 heavy (non-hydrogen) atoms. The number of ketones is 1. The summed E-state index contributed by atoms with van der Waals surface area (Å²) in [5.41, 5.74) is 0.883. The van der Waals surface area contributed by atoms with Crippen LogP contribution in [-0.4, -0.2) is 9.20 Å². The molecular formula is C21H33IO. The smallest absolute Gasteiger partial charge is 0.146 e. The van der Waals surface area contributed by atoms with Crippen LogP contribution in [0, 0.1) is 34.5 Å². The molecule has 0 radical (unpaired) electrons. The fraction of sp³-hybridized carbons (Fsp3) is 0.952. The number of carbonyl (C=O) groups is 1. The summed E-state index contributed by atoms with van der Waals surface area (Å²) >= 11 is 2.56. The van der Waals surface area contributed by atoms with Crippen molar-refractivity contribution >= 4 is 28.4 Å². The highest BCUT2D eigenvalue weighted by Crippen LogP contribution is 2.70. The third-order valence-corrected chi connectivity index (χ3v) is 11.8. The molecule has 4 aliphatic carbocycles. The van der Waals surface area contributed by atoms with E-state index < -0.39 is 0 Å². The molecule has 0 heterocycles. The standard InChI is InChI=1S/C21H33IO/c1-14(23)21(22)13-10-18-16-8-7-15-6-4-5-11-19(15,2)17(16)9-12-20(18,21)3/h15-18H,4-13H2,1-3H3/t15?,16?,17?,18?,19-,20-,21-/m0/s1. The highest BCUT2D eigenvalue weighted by molar-refractivity contribution is 14.1. The molecule has 0 aromatic rings. The molecule has 0 N–H and O–H groups in total. The van der Waals surface area contributed by atoms with Gasteiger partial charge in [-0.1, -0.05) is 49.3 Å². The predicted molar refractivity (Wildman–Crippen MR) is 104 cm³/mol. The van der Waals surface area contributed by atoms with Crippen molar-refractivity contribution in [1.29, 1.82) is 0 Å². The minimum absolute atomic E-state index is 0.0787. The van der Waals surface area contributed by atoms with Crippen LogP contribution in [0.1, 0.15) is 85.0 Å². The van der Waals surface area contributed by atoms with Crippen molar-refractivity contribution in [2.24, 2.45) is 34.5 Å². The van der Waals surface area contributed by atoms with Crippen LogP contribution >= 0.6 is 22.6 Å². The lowest BCUT2D eigenvalue weighted by atomic mass is 9.45. The van der Waals surface area contributed by atoms with E-state index in [1.807, 2.05) is 6.92 Å². The summed E-state index contributed by atoms with van der Waals surface area (Å²) in [7, 11) is 0. The molecule has 0 aromatic carbocycles. The summed E-state index contributed by atoms with van der Waals surface area (Å²) in [5, 5.41) is 0. The number of hydrogen-bond acceptors (Lipinski definition) is 1. The minimum Gasteiger partial charge on any atom is -0.299 e. The van der Waals surface area contributed by atoms with Crippen LogP contribution in [0.15, 0.2) is 0 Å².